The summed E-state index contributed by atoms with van der Waals surface area (Å²) in [6.45, 7) is 0. The minimum atomic E-state index is -0.903. The van der Waals surface area contributed by atoms with E-state index in [2.05, 4.69) is 41.1 Å². The van der Waals surface area contributed by atoms with E-state index in [1.807, 2.05) is 0 Å². The van der Waals surface area contributed by atoms with E-state index in [0.29, 0.717) is 21.3 Å². The highest BCUT2D eigenvalue weighted by atomic mass is 79.9. The van der Waals surface area contributed by atoms with Crippen molar-refractivity contribution in [1.82, 2.24) is 19.5 Å². The van der Waals surface area contributed by atoms with Crippen molar-refractivity contribution in [3.63, 3.8) is 0 Å². The Morgan fingerprint density at radius 1 is 1.41 bits per heavy atom. The quantitative estimate of drug-likeness (QED) is 0.558. The normalized spacial score (nSPS) is 10.6. The van der Waals surface area contributed by atoms with Gasteiger partial charge < -0.3 is 4.98 Å². The lowest BCUT2D eigenvalue weighted by molar-refractivity contribution is 0.0508. The number of halogens is 1. The fourth-order valence-electron chi connectivity index (χ4n) is 1.97. The van der Waals surface area contributed by atoms with Gasteiger partial charge in [0.25, 0.3) is 5.56 Å². The highest BCUT2D eigenvalue weighted by Crippen LogP contribution is 2.24. The van der Waals surface area contributed by atoms with E-state index in [-0.39, 0.29) is 11.1 Å². The Labute approximate surface area is 130 Å². The third kappa shape index (κ3) is 2.29. The lowest BCUT2D eigenvalue weighted by Crippen LogP contribution is -2.08. The molecule has 0 spiro atoms. The smallest absolute Gasteiger partial charge is 0.312 e. The van der Waals surface area contributed by atoms with Crippen LogP contribution in [-0.2, 0) is 4.84 Å². The zero-order chi connectivity index (χ0) is 15.7. The van der Waals surface area contributed by atoms with Crippen molar-refractivity contribution in [2.45, 2.75) is 0 Å². The number of hydrogen-bond donors (Lipinski definition) is 1. The van der Waals surface area contributed by atoms with Gasteiger partial charge in [-0.25, -0.2) is 14.8 Å². The summed E-state index contributed by atoms with van der Waals surface area (Å²) >= 11 is 3.28. The fraction of sp³-hybridized carbons (Fsp3) is 0. The van der Waals surface area contributed by atoms with Crippen LogP contribution in [0.1, 0.15) is 10.4 Å². The third-order valence-electron chi connectivity index (χ3n) is 2.89. The summed E-state index contributed by atoms with van der Waals surface area (Å²) < 4.78 is 2.06. The van der Waals surface area contributed by atoms with Gasteiger partial charge in [0.05, 0.1) is 21.7 Å². The molecule has 1 N–H and O–H groups in total. The minimum Gasteiger partial charge on any atom is -0.312 e. The molecule has 3 heterocycles. The van der Waals surface area contributed by atoms with Crippen LogP contribution in [0.4, 0.5) is 0 Å². The summed E-state index contributed by atoms with van der Waals surface area (Å²) in [7, 11) is 0. The van der Waals surface area contributed by atoms with Gasteiger partial charge in [-0.1, -0.05) is 0 Å². The first-order chi connectivity index (χ1) is 10.6. The van der Waals surface area contributed by atoms with E-state index in [9.17, 15) is 14.5 Å². The van der Waals surface area contributed by atoms with Gasteiger partial charge in [-0.05, 0) is 28.1 Å². The average molecular weight is 364 g/mol. The van der Waals surface area contributed by atoms with Crippen molar-refractivity contribution >= 4 is 32.9 Å². The van der Waals surface area contributed by atoms with E-state index in [1.165, 1.54) is 29.2 Å². The molecule has 22 heavy (non-hydrogen) atoms. The fourth-order valence-corrected chi connectivity index (χ4v) is 2.53. The number of hydrogen-bond acceptors (Lipinski definition) is 7. The molecule has 3 aromatic rings. The predicted octanol–water partition coefficient (Wildman–Crippen LogP) is 1.71. The van der Waals surface area contributed by atoms with Crippen molar-refractivity contribution in [3.05, 3.63) is 56.2 Å². The van der Waals surface area contributed by atoms with Crippen molar-refractivity contribution in [1.29, 1.82) is 0 Å². The number of H-pyrrole nitrogens is 1. The molecule has 0 saturated carbocycles. The predicted molar refractivity (Wildman–Crippen MR) is 78.4 cm³/mol. The Balaban J connectivity index is 2.18. The maximum atomic E-state index is 11.8. The van der Waals surface area contributed by atoms with Crippen molar-refractivity contribution in [2.24, 2.45) is 5.34 Å². The number of nitrogens with zero attached hydrogens (tertiary/aromatic N) is 4. The van der Waals surface area contributed by atoms with Crippen LogP contribution in [0.5, 0.6) is 0 Å². The molecule has 0 fully saturated rings. The summed E-state index contributed by atoms with van der Waals surface area (Å²) in [4.78, 5) is 48.1. The first-order valence-corrected chi connectivity index (χ1v) is 6.66. The molecule has 9 nitrogen and oxygen atoms in total. The number of nitrogens with one attached hydrogen (secondary N) is 1. The number of rotatable bonds is 3. The lowest BCUT2D eigenvalue weighted by atomic mass is 10.2. The van der Waals surface area contributed by atoms with Gasteiger partial charge in [0, 0.05) is 12.4 Å². The van der Waals surface area contributed by atoms with Crippen LogP contribution in [-0.4, -0.2) is 25.5 Å². The van der Waals surface area contributed by atoms with E-state index in [4.69, 9.17) is 0 Å². The molecule has 3 aromatic heterocycles. The number of aromatic amines is 1. The SMILES string of the molecule is O=NOC(=O)c1ccnc(-n2cc(Br)c3c(=O)[nH]cnc32)c1. The topological polar surface area (TPSA) is 119 Å². The number of fused-ring (bicyclic) bond motifs is 1. The summed E-state index contributed by atoms with van der Waals surface area (Å²) in [5.41, 5.74) is 0.144. The van der Waals surface area contributed by atoms with Gasteiger partial charge in [-0.3, -0.25) is 14.2 Å². The van der Waals surface area contributed by atoms with Crippen LogP contribution < -0.4 is 5.56 Å². The molecule has 0 amide bonds. The van der Waals surface area contributed by atoms with E-state index < -0.39 is 5.97 Å². The van der Waals surface area contributed by atoms with Crippen LogP contribution in [0, 0.1) is 4.91 Å². The van der Waals surface area contributed by atoms with Crippen LogP contribution in [0.3, 0.4) is 0 Å². The van der Waals surface area contributed by atoms with Crippen LogP contribution >= 0.6 is 15.9 Å². The Morgan fingerprint density at radius 2 is 2.23 bits per heavy atom. The zero-order valence-corrected chi connectivity index (χ0v) is 12.3. The Bertz CT molecular complexity index is 948. The standard InChI is InChI=1S/C12H6BrN5O4/c13-7-4-18(10-9(7)11(19)16-5-15-10)8-3-6(1-2-14-8)12(20)22-17-21/h1-5H,(H,15,16,19). The van der Waals surface area contributed by atoms with Crippen molar-refractivity contribution in [3.8, 4) is 5.82 Å². The van der Waals surface area contributed by atoms with Crippen molar-refractivity contribution < 1.29 is 9.63 Å². The second kappa shape index (κ2) is 5.48. The molecular formula is C12H6BrN5O4. The molecule has 10 heteroatoms. The second-order valence-electron chi connectivity index (χ2n) is 4.13. The molecule has 0 bridgehead atoms. The van der Waals surface area contributed by atoms with Crippen molar-refractivity contribution in [2.75, 3.05) is 0 Å². The maximum Gasteiger partial charge on any atom is 0.369 e. The molecule has 0 aliphatic heterocycles. The van der Waals surface area contributed by atoms with E-state index >= 15 is 0 Å². The number of pyridine rings is 1. The van der Waals surface area contributed by atoms with E-state index in [1.54, 1.807) is 6.20 Å². The monoisotopic (exact) mass is 363 g/mol. The highest BCUT2D eigenvalue weighted by Gasteiger charge is 2.15. The lowest BCUT2D eigenvalue weighted by Gasteiger charge is -2.04. The Hall–Kier alpha value is -2.88. The summed E-state index contributed by atoms with van der Waals surface area (Å²) in [5.74, 6) is -0.575. The number of aromatic nitrogens is 4. The Morgan fingerprint density at radius 3 is 3.00 bits per heavy atom. The third-order valence-corrected chi connectivity index (χ3v) is 3.49. The molecule has 0 saturated heterocycles. The summed E-state index contributed by atoms with van der Waals surface area (Å²) in [6, 6.07) is 2.76. The Kier molecular flexibility index (Phi) is 3.51. The van der Waals surface area contributed by atoms with Crippen LogP contribution in [0.15, 0.2) is 45.5 Å². The largest absolute Gasteiger partial charge is 0.369 e. The first kappa shape index (κ1) is 14.1. The molecular weight excluding hydrogens is 358 g/mol. The summed E-state index contributed by atoms with van der Waals surface area (Å²) in [5, 5.41) is 2.44. The van der Waals surface area contributed by atoms with Crippen LogP contribution in [0.25, 0.3) is 16.9 Å². The van der Waals surface area contributed by atoms with Gasteiger partial charge in [-0.2, -0.15) is 0 Å². The molecule has 0 unspecified atom stereocenters. The van der Waals surface area contributed by atoms with Gasteiger partial charge >= 0.3 is 5.97 Å². The first-order valence-electron chi connectivity index (χ1n) is 5.86. The van der Waals surface area contributed by atoms with Gasteiger partial charge in [0.2, 0.25) is 0 Å². The zero-order valence-electron chi connectivity index (χ0n) is 10.7. The van der Waals surface area contributed by atoms with Gasteiger partial charge in [0.1, 0.15) is 5.82 Å². The maximum absolute atomic E-state index is 11.8. The minimum absolute atomic E-state index is 0.0902. The molecule has 3 rings (SSSR count). The second-order valence-corrected chi connectivity index (χ2v) is 4.99. The molecule has 0 radical (unpaired) electrons. The van der Waals surface area contributed by atoms with Gasteiger partial charge in [-0.15, -0.1) is 4.91 Å². The molecule has 110 valence electrons. The highest BCUT2D eigenvalue weighted by molar-refractivity contribution is 9.10. The number of carbonyl (C=O) groups excluding carboxylic acids is 1. The summed E-state index contributed by atoms with van der Waals surface area (Å²) in [6.07, 6.45) is 4.23. The average Bonchev–Trinajstić information content (AvgIpc) is 2.86. The molecule has 0 aliphatic carbocycles. The van der Waals surface area contributed by atoms with E-state index in [0.717, 1.165) is 0 Å². The van der Waals surface area contributed by atoms with Gasteiger partial charge in [0.15, 0.2) is 11.0 Å². The van der Waals surface area contributed by atoms with Crippen LogP contribution in [0.2, 0.25) is 0 Å². The number of carbonyl (C=O) groups is 1. The molecule has 0 atom stereocenters. The molecule has 0 aliphatic rings. The molecule has 0 aromatic carbocycles.